The lowest BCUT2D eigenvalue weighted by Crippen LogP contribution is -2.34. The van der Waals surface area contributed by atoms with E-state index < -0.39 is 0 Å². The Morgan fingerprint density at radius 1 is 1.20 bits per heavy atom. The number of allylic oxidation sites excluding steroid dienone is 1. The van der Waals surface area contributed by atoms with E-state index in [9.17, 15) is 0 Å². The van der Waals surface area contributed by atoms with Gasteiger partial charge in [-0.1, -0.05) is 59.5 Å². The molecule has 3 unspecified atom stereocenters. The van der Waals surface area contributed by atoms with Crippen LogP contribution in [0.2, 0.25) is 0 Å². The zero-order chi connectivity index (χ0) is 11.5. The van der Waals surface area contributed by atoms with Crippen LogP contribution >= 0.6 is 0 Å². The molecule has 0 aromatic heterocycles. The minimum atomic E-state index is 0.157. The monoisotopic (exact) mass is 209 g/mol. The SMILES string of the molecule is C=C(N)C1(C)CCCCCCC(C)C1C. The van der Waals surface area contributed by atoms with Crippen LogP contribution in [0, 0.1) is 17.3 Å². The lowest BCUT2D eigenvalue weighted by molar-refractivity contribution is 0.165. The van der Waals surface area contributed by atoms with E-state index in [2.05, 4.69) is 27.4 Å². The maximum Gasteiger partial charge on any atom is 0.00924 e. The molecule has 2 N–H and O–H groups in total. The largest absolute Gasteiger partial charge is 0.402 e. The molecular formula is C14H27N. The first-order valence-electron chi connectivity index (χ1n) is 6.43. The molecule has 0 heterocycles. The van der Waals surface area contributed by atoms with Gasteiger partial charge in [-0.05, 0) is 18.3 Å². The van der Waals surface area contributed by atoms with E-state index in [0.717, 1.165) is 11.6 Å². The summed E-state index contributed by atoms with van der Waals surface area (Å²) < 4.78 is 0. The Morgan fingerprint density at radius 3 is 2.40 bits per heavy atom. The maximum atomic E-state index is 6.03. The van der Waals surface area contributed by atoms with Crippen molar-refractivity contribution in [3.63, 3.8) is 0 Å². The van der Waals surface area contributed by atoms with Gasteiger partial charge in [0.05, 0.1) is 0 Å². The van der Waals surface area contributed by atoms with E-state index in [1.165, 1.54) is 38.5 Å². The van der Waals surface area contributed by atoms with E-state index in [1.54, 1.807) is 0 Å². The third kappa shape index (κ3) is 2.76. The van der Waals surface area contributed by atoms with Crippen LogP contribution in [-0.4, -0.2) is 0 Å². The van der Waals surface area contributed by atoms with Crippen molar-refractivity contribution in [2.24, 2.45) is 23.0 Å². The van der Waals surface area contributed by atoms with Gasteiger partial charge in [-0.2, -0.15) is 0 Å². The Bertz CT molecular complexity index is 221. The summed E-state index contributed by atoms with van der Waals surface area (Å²) in [6.45, 7) is 11.1. The van der Waals surface area contributed by atoms with E-state index in [-0.39, 0.29) is 5.41 Å². The summed E-state index contributed by atoms with van der Waals surface area (Å²) in [5.41, 5.74) is 7.08. The van der Waals surface area contributed by atoms with Gasteiger partial charge in [-0.15, -0.1) is 0 Å². The zero-order valence-electron chi connectivity index (χ0n) is 10.7. The predicted octanol–water partition coefficient (Wildman–Crippen LogP) is 4.09. The summed E-state index contributed by atoms with van der Waals surface area (Å²) in [6.07, 6.45) is 8.02. The van der Waals surface area contributed by atoms with Gasteiger partial charge in [0.2, 0.25) is 0 Å². The summed E-state index contributed by atoms with van der Waals surface area (Å²) in [4.78, 5) is 0. The molecule has 0 amide bonds. The summed E-state index contributed by atoms with van der Waals surface area (Å²) >= 11 is 0. The average Bonchev–Trinajstić information content (AvgIpc) is 2.25. The van der Waals surface area contributed by atoms with Gasteiger partial charge in [0.1, 0.15) is 0 Å². The molecule has 1 nitrogen and oxygen atoms in total. The van der Waals surface area contributed by atoms with E-state index >= 15 is 0 Å². The van der Waals surface area contributed by atoms with Gasteiger partial charge < -0.3 is 5.73 Å². The van der Waals surface area contributed by atoms with Crippen LogP contribution in [0.4, 0.5) is 0 Å². The van der Waals surface area contributed by atoms with Crippen molar-refractivity contribution in [2.45, 2.75) is 59.3 Å². The molecule has 1 heteroatoms. The Kier molecular flexibility index (Phi) is 4.24. The van der Waals surface area contributed by atoms with Gasteiger partial charge in [0.15, 0.2) is 0 Å². The molecular weight excluding hydrogens is 182 g/mol. The highest BCUT2D eigenvalue weighted by molar-refractivity contribution is 5.07. The standard InChI is InChI=1S/C14H27N/c1-11-9-7-5-6-8-10-14(4,12(11)2)13(3)15/h11-12H,3,5-10,15H2,1-2,4H3. The molecule has 0 bridgehead atoms. The first-order chi connectivity index (χ1) is 6.98. The smallest absolute Gasteiger partial charge is 0.00924 e. The molecule has 0 aromatic carbocycles. The van der Waals surface area contributed by atoms with E-state index in [0.29, 0.717) is 5.92 Å². The highest BCUT2D eigenvalue weighted by Crippen LogP contribution is 2.43. The van der Waals surface area contributed by atoms with E-state index in [1.807, 2.05) is 0 Å². The second-order valence-electron chi connectivity index (χ2n) is 5.66. The minimum Gasteiger partial charge on any atom is -0.402 e. The molecule has 1 fully saturated rings. The molecule has 0 spiro atoms. The Hall–Kier alpha value is -0.460. The van der Waals surface area contributed by atoms with Crippen LogP contribution in [0.3, 0.4) is 0 Å². The Labute approximate surface area is 95.1 Å². The van der Waals surface area contributed by atoms with Crippen molar-refractivity contribution >= 4 is 0 Å². The average molecular weight is 209 g/mol. The molecule has 0 aromatic rings. The lowest BCUT2D eigenvalue weighted by atomic mass is 9.67. The van der Waals surface area contributed by atoms with Crippen LogP contribution in [0.25, 0.3) is 0 Å². The summed E-state index contributed by atoms with van der Waals surface area (Å²) in [7, 11) is 0. The Morgan fingerprint density at radius 2 is 1.80 bits per heavy atom. The third-order valence-corrected chi connectivity index (χ3v) is 4.70. The molecule has 88 valence electrons. The molecule has 0 saturated heterocycles. The van der Waals surface area contributed by atoms with Crippen LogP contribution in [0.5, 0.6) is 0 Å². The highest BCUT2D eigenvalue weighted by Gasteiger charge is 2.35. The summed E-state index contributed by atoms with van der Waals surface area (Å²) in [5, 5.41) is 0. The fourth-order valence-corrected chi connectivity index (χ4v) is 2.87. The van der Waals surface area contributed by atoms with Crippen molar-refractivity contribution in [1.82, 2.24) is 0 Å². The van der Waals surface area contributed by atoms with Crippen molar-refractivity contribution < 1.29 is 0 Å². The van der Waals surface area contributed by atoms with Gasteiger partial charge in [-0.25, -0.2) is 0 Å². The molecule has 1 saturated carbocycles. The predicted molar refractivity (Wildman–Crippen MR) is 67.5 cm³/mol. The molecule has 0 aliphatic heterocycles. The first-order valence-corrected chi connectivity index (χ1v) is 6.43. The lowest BCUT2D eigenvalue weighted by Gasteiger charge is -2.39. The molecule has 15 heavy (non-hydrogen) atoms. The highest BCUT2D eigenvalue weighted by atomic mass is 14.6. The fraction of sp³-hybridized carbons (Fsp3) is 0.857. The van der Waals surface area contributed by atoms with Crippen LogP contribution in [-0.2, 0) is 0 Å². The fourth-order valence-electron chi connectivity index (χ4n) is 2.87. The second kappa shape index (κ2) is 5.05. The number of rotatable bonds is 1. The number of hydrogen-bond donors (Lipinski definition) is 1. The molecule has 1 aliphatic carbocycles. The number of hydrogen-bond acceptors (Lipinski definition) is 1. The first kappa shape index (κ1) is 12.6. The molecule has 1 aliphatic rings. The van der Waals surface area contributed by atoms with Gasteiger partial charge >= 0.3 is 0 Å². The van der Waals surface area contributed by atoms with Crippen molar-refractivity contribution in [3.8, 4) is 0 Å². The van der Waals surface area contributed by atoms with Crippen molar-refractivity contribution in [1.29, 1.82) is 0 Å². The third-order valence-electron chi connectivity index (χ3n) is 4.70. The van der Waals surface area contributed by atoms with Crippen molar-refractivity contribution in [3.05, 3.63) is 12.3 Å². The topological polar surface area (TPSA) is 26.0 Å². The molecule has 3 atom stereocenters. The molecule has 0 radical (unpaired) electrons. The van der Waals surface area contributed by atoms with Gasteiger partial charge in [0, 0.05) is 11.1 Å². The Balaban J connectivity index is 2.83. The quantitative estimate of drug-likeness (QED) is 0.691. The minimum absolute atomic E-state index is 0.157. The summed E-state index contributed by atoms with van der Waals surface area (Å²) in [6, 6.07) is 0. The summed E-state index contributed by atoms with van der Waals surface area (Å²) in [5.74, 6) is 1.43. The zero-order valence-corrected chi connectivity index (χ0v) is 10.7. The van der Waals surface area contributed by atoms with Gasteiger partial charge in [0.25, 0.3) is 0 Å². The normalized spacial score (nSPS) is 38.9. The van der Waals surface area contributed by atoms with Gasteiger partial charge in [-0.3, -0.25) is 0 Å². The maximum absolute atomic E-state index is 6.03. The van der Waals surface area contributed by atoms with Crippen LogP contribution in [0.15, 0.2) is 12.3 Å². The van der Waals surface area contributed by atoms with Crippen LogP contribution < -0.4 is 5.73 Å². The van der Waals surface area contributed by atoms with Crippen LogP contribution in [0.1, 0.15) is 59.3 Å². The van der Waals surface area contributed by atoms with Crippen molar-refractivity contribution in [2.75, 3.05) is 0 Å². The number of nitrogens with two attached hydrogens (primary N) is 1. The second-order valence-corrected chi connectivity index (χ2v) is 5.66. The van der Waals surface area contributed by atoms with E-state index in [4.69, 9.17) is 5.73 Å². The molecule has 1 rings (SSSR count).